The minimum atomic E-state index is -1.65. The van der Waals surface area contributed by atoms with E-state index in [1.165, 1.54) is 16.5 Å². The molecule has 0 bridgehead atoms. The minimum absolute atomic E-state index is 0.294. The molecule has 2 aromatic heterocycles. The highest BCUT2D eigenvalue weighted by Crippen LogP contribution is 2.41. The number of furan rings is 1. The van der Waals surface area contributed by atoms with Gasteiger partial charge in [0.25, 0.3) is 0 Å². The first-order chi connectivity index (χ1) is 9.82. The second-order valence-corrected chi connectivity index (χ2v) is 12.4. The predicted octanol–water partition coefficient (Wildman–Crippen LogP) is 5.75. The van der Waals surface area contributed by atoms with Crippen molar-refractivity contribution >= 4 is 19.1 Å². The van der Waals surface area contributed by atoms with Gasteiger partial charge in [-0.3, -0.25) is 0 Å². The van der Waals surface area contributed by atoms with E-state index in [4.69, 9.17) is 4.42 Å². The molecule has 0 atom stereocenters. The fraction of sp³-hybridized carbons (Fsp3) is 0.333. The number of hydrogen-bond acceptors (Lipinski definition) is 1. The number of nitrogens with zero attached hydrogens (tertiary/aromatic N) is 1. The maximum atomic E-state index is 5.28. The number of hydrogen-bond donors (Lipinski definition) is 0. The number of para-hydroxylation sites is 1. The molecule has 0 spiro atoms. The largest absolute Gasteiger partial charge is 0.472 e. The maximum Gasteiger partial charge on any atom is 0.161 e. The van der Waals surface area contributed by atoms with Crippen LogP contribution in [0.1, 0.15) is 20.8 Å². The fourth-order valence-electron chi connectivity index (χ4n) is 2.65. The lowest BCUT2D eigenvalue weighted by atomic mass is 10.1. The SMILES string of the molecule is CC(C)(C)[Si](C)(C)n1cc(-c2ccoc2)c2ccccc21. The van der Waals surface area contributed by atoms with Gasteiger partial charge in [-0.25, -0.2) is 0 Å². The first kappa shape index (κ1) is 14.2. The van der Waals surface area contributed by atoms with Crippen molar-refractivity contribution in [2.24, 2.45) is 0 Å². The summed E-state index contributed by atoms with van der Waals surface area (Å²) < 4.78 is 7.83. The van der Waals surface area contributed by atoms with Crippen LogP contribution in [-0.4, -0.2) is 12.5 Å². The lowest BCUT2D eigenvalue weighted by molar-refractivity contribution is 0.568. The Morgan fingerprint density at radius 2 is 1.76 bits per heavy atom. The standard InChI is InChI=1S/C18H23NOSi/c1-18(2,3)21(4,5)19-12-16(14-10-11-20-13-14)15-8-6-7-9-17(15)19/h6-13H,1-5H3. The Kier molecular flexibility index (Phi) is 3.13. The molecule has 0 amide bonds. The van der Waals surface area contributed by atoms with Crippen LogP contribution in [0, 0.1) is 0 Å². The molecule has 3 heteroatoms. The Labute approximate surface area is 127 Å². The highest BCUT2D eigenvalue weighted by atomic mass is 28.3. The molecule has 0 unspecified atom stereocenters. The molecule has 0 aliphatic carbocycles. The Morgan fingerprint density at radius 3 is 2.38 bits per heavy atom. The number of aromatic nitrogens is 1. The second kappa shape index (κ2) is 4.63. The number of benzene rings is 1. The van der Waals surface area contributed by atoms with Crippen LogP contribution in [0.4, 0.5) is 0 Å². The summed E-state index contributed by atoms with van der Waals surface area (Å²) in [7, 11) is -1.65. The summed E-state index contributed by atoms with van der Waals surface area (Å²) in [5.41, 5.74) is 3.76. The van der Waals surface area contributed by atoms with Crippen LogP contribution in [0.5, 0.6) is 0 Å². The summed E-state index contributed by atoms with van der Waals surface area (Å²) in [6.07, 6.45) is 5.90. The van der Waals surface area contributed by atoms with E-state index in [1.54, 1.807) is 6.26 Å². The highest BCUT2D eigenvalue weighted by molar-refractivity contribution is 6.79. The smallest absolute Gasteiger partial charge is 0.161 e. The third-order valence-electron chi connectivity index (χ3n) is 4.98. The monoisotopic (exact) mass is 297 g/mol. The van der Waals surface area contributed by atoms with Gasteiger partial charge in [-0.2, -0.15) is 0 Å². The first-order valence-electron chi connectivity index (χ1n) is 7.45. The van der Waals surface area contributed by atoms with Gasteiger partial charge >= 0.3 is 0 Å². The van der Waals surface area contributed by atoms with Gasteiger partial charge in [0, 0.05) is 28.2 Å². The van der Waals surface area contributed by atoms with Crippen LogP contribution in [0.15, 0.2) is 53.5 Å². The van der Waals surface area contributed by atoms with Crippen molar-refractivity contribution in [2.75, 3.05) is 0 Å². The molecule has 0 saturated heterocycles. The van der Waals surface area contributed by atoms with Gasteiger partial charge in [0.1, 0.15) is 0 Å². The summed E-state index contributed by atoms with van der Waals surface area (Å²) in [5, 5.41) is 1.60. The van der Waals surface area contributed by atoms with E-state index in [2.05, 4.69) is 68.6 Å². The number of fused-ring (bicyclic) bond motifs is 1. The lowest BCUT2D eigenvalue weighted by Crippen LogP contribution is -2.44. The topological polar surface area (TPSA) is 18.1 Å². The van der Waals surface area contributed by atoms with E-state index < -0.39 is 8.24 Å². The molecule has 2 nitrogen and oxygen atoms in total. The molecule has 0 N–H and O–H groups in total. The van der Waals surface area contributed by atoms with Gasteiger partial charge in [0.15, 0.2) is 8.24 Å². The third-order valence-corrected chi connectivity index (χ3v) is 10.2. The van der Waals surface area contributed by atoms with Crippen LogP contribution in [-0.2, 0) is 0 Å². The van der Waals surface area contributed by atoms with Crippen LogP contribution in [0.3, 0.4) is 0 Å². The van der Waals surface area contributed by atoms with Gasteiger partial charge in [-0.1, -0.05) is 52.1 Å². The molecule has 3 rings (SSSR count). The molecule has 0 radical (unpaired) electrons. The van der Waals surface area contributed by atoms with Crippen molar-refractivity contribution in [1.82, 2.24) is 4.23 Å². The maximum absolute atomic E-state index is 5.28. The van der Waals surface area contributed by atoms with Gasteiger partial charge in [0.2, 0.25) is 0 Å². The zero-order valence-corrected chi connectivity index (χ0v) is 14.5. The normalized spacial score (nSPS) is 13.0. The van der Waals surface area contributed by atoms with Crippen molar-refractivity contribution in [1.29, 1.82) is 0 Å². The second-order valence-electron chi connectivity index (χ2n) is 7.25. The van der Waals surface area contributed by atoms with Gasteiger partial charge in [-0.15, -0.1) is 0 Å². The fourth-order valence-corrected chi connectivity index (χ4v) is 4.62. The van der Waals surface area contributed by atoms with Gasteiger partial charge in [0.05, 0.1) is 12.5 Å². The molecule has 110 valence electrons. The Morgan fingerprint density at radius 1 is 1.05 bits per heavy atom. The molecule has 21 heavy (non-hydrogen) atoms. The molecule has 2 heterocycles. The van der Waals surface area contributed by atoms with Crippen molar-refractivity contribution in [2.45, 2.75) is 38.9 Å². The molecule has 1 aromatic carbocycles. The van der Waals surface area contributed by atoms with Crippen molar-refractivity contribution in [3.63, 3.8) is 0 Å². The van der Waals surface area contributed by atoms with Gasteiger partial charge in [-0.05, 0) is 17.2 Å². The predicted molar refractivity (Wildman–Crippen MR) is 92.2 cm³/mol. The van der Waals surface area contributed by atoms with Crippen molar-refractivity contribution in [3.8, 4) is 11.1 Å². The molecular formula is C18H23NOSi. The number of rotatable bonds is 2. The zero-order chi connectivity index (χ0) is 15.3. The van der Waals surface area contributed by atoms with Crippen LogP contribution in [0.25, 0.3) is 22.0 Å². The van der Waals surface area contributed by atoms with Crippen molar-refractivity contribution in [3.05, 3.63) is 49.1 Å². The molecular weight excluding hydrogens is 274 g/mol. The minimum Gasteiger partial charge on any atom is -0.472 e. The first-order valence-corrected chi connectivity index (χ1v) is 10.4. The zero-order valence-electron chi connectivity index (χ0n) is 13.5. The van der Waals surface area contributed by atoms with E-state index in [9.17, 15) is 0 Å². The van der Waals surface area contributed by atoms with Crippen LogP contribution in [0.2, 0.25) is 18.1 Å². The summed E-state index contributed by atoms with van der Waals surface area (Å²) >= 11 is 0. The van der Waals surface area contributed by atoms with E-state index in [0.29, 0.717) is 5.04 Å². The van der Waals surface area contributed by atoms with E-state index in [-0.39, 0.29) is 0 Å². The molecule has 0 fully saturated rings. The third kappa shape index (κ3) is 2.16. The van der Waals surface area contributed by atoms with Crippen molar-refractivity contribution < 1.29 is 4.42 Å². The Balaban J connectivity index is 2.31. The average molecular weight is 297 g/mol. The summed E-state index contributed by atoms with van der Waals surface area (Å²) in [5.74, 6) is 0. The van der Waals surface area contributed by atoms with E-state index >= 15 is 0 Å². The molecule has 0 aliphatic heterocycles. The van der Waals surface area contributed by atoms with Crippen LogP contribution >= 0.6 is 0 Å². The molecule has 0 saturated carbocycles. The lowest BCUT2D eigenvalue weighted by Gasteiger charge is -2.38. The Bertz CT molecular complexity index is 760. The Hall–Kier alpha value is -1.74. The highest BCUT2D eigenvalue weighted by Gasteiger charge is 2.38. The van der Waals surface area contributed by atoms with E-state index in [0.717, 1.165) is 5.56 Å². The summed E-state index contributed by atoms with van der Waals surface area (Å²) in [6.45, 7) is 11.9. The quantitative estimate of drug-likeness (QED) is 0.550. The van der Waals surface area contributed by atoms with Gasteiger partial charge < -0.3 is 8.65 Å². The summed E-state index contributed by atoms with van der Waals surface area (Å²) in [6, 6.07) is 10.7. The average Bonchev–Trinajstić information content (AvgIpc) is 3.04. The molecule has 3 aromatic rings. The van der Waals surface area contributed by atoms with Crippen LogP contribution < -0.4 is 0 Å². The van der Waals surface area contributed by atoms with E-state index in [1.807, 2.05) is 12.3 Å². The molecule has 0 aliphatic rings. The summed E-state index contributed by atoms with van der Waals surface area (Å²) in [4.78, 5) is 0.